The molecule has 0 radical (unpaired) electrons. The number of imidazole rings is 1. The lowest BCUT2D eigenvalue weighted by atomic mass is 9.97. The minimum atomic E-state index is -0.300. The first kappa shape index (κ1) is 18.5. The summed E-state index contributed by atoms with van der Waals surface area (Å²) in [6, 6.07) is 14.4. The third-order valence-corrected chi connectivity index (χ3v) is 5.55. The van der Waals surface area contributed by atoms with Crippen molar-refractivity contribution in [3.05, 3.63) is 77.6 Å². The number of piperidine rings is 1. The lowest BCUT2D eigenvalue weighted by molar-refractivity contribution is 0.0699. The maximum absolute atomic E-state index is 13.9. The van der Waals surface area contributed by atoms with Crippen molar-refractivity contribution < 1.29 is 9.18 Å². The molecule has 1 atom stereocenters. The second kappa shape index (κ2) is 7.70. The Bertz CT molecular complexity index is 1170. The molecule has 1 amide bonds. The monoisotopic (exact) mass is 404 g/mol. The lowest BCUT2D eigenvalue weighted by Crippen LogP contribution is -2.39. The lowest BCUT2D eigenvalue weighted by Gasteiger charge is -2.31. The summed E-state index contributed by atoms with van der Waals surface area (Å²) in [6.07, 6.45) is 3.46. The van der Waals surface area contributed by atoms with Crippen LogP contribution in [0.4, 0.5) is 4.39 Å². The second-order valence-corrected chi connectivity index (χ2v) is 7.62. The van der Waals surface area contributed by atoms with Crippen molar-refractivity contribution in [2.24, 2.45) is 0 Å². The Morgan fingerprint density at radius 2 is 2.00 bits per heavy atom. The average Bonchev–Trinajstić information content (AvgIpc) is 3.42. The summed E-state index contributed by atoms with van der Waals surface area (Å²) in [7, 11) is 0. The molecule has 0 bridgehead atoms. The number of fused-ring (bicyclic) bond motifs is 1. The van der Waals surface area contributed by atoms with Gasteiger partial charge in [-0.3, -0.25) is 4.79 Å². The third-order valence-electron chi connectivity index (χ3n) is 5.55. The van der Waals surface area contributed by atoms with Crippen molar-refractivity contribution in [1.82, 2.24) is 29.9 Å². The first-order valence-corrected chi connectivity index (χ1v) is 10.0. The summed E-state index contributed by atoms with van der Waals surface area (Å²) in [4.78, 5) is 22.9. The van der Waals surface area contributed by atoms with Gasteiger partial charge in [0.15, 0.2) is 5.69 Å². The molecule has 0 spiro atoms. The van der Waals surface area contributed by atoms with Gasteiger partial charge in [0.25, 0.3) is 5.91 Å². The maximum atomic E-state index is 13.9. The number of aromatic nitrogens is 5. The Kier molecular flexibility index (Phi) is 4.74. The van der Waals surface area contributed by atoms with E-state index in [4.69, 9.17) is 4.98 Å². The van der Waals surface area contributed by atoms with E-state index in [1.165, 1.54) is 10.7 Å². The van der Waals surface area contributed by atoms with Gasteiger partial charge in [-0.25, -0.2) is 14.1 Å². The SMILES string of the molecule is O=C(c1cn(Cc2ccccc2F)nn1)N1CCC[C@H](c2nc3ccccc3[nH]2)C1. The summed E-state index contributed by atoms with van der Waals surface area (Å²) < 4.78 is 15.4. The number of halogens is 1. The highest BCUT2D eigenvalue weighted by Gasteiger charge is 2.28. The van der Waals surface area contributed by atoms with E-state index in [-0.39, 0.29) is 29.9 Å². The summed E-state index contributed by atoms with van der Waals surface area (Å²) >= 11 is 0. The summed E-state index contributed by atoms with van der Waals surface area (Å²) in [5, 5.41) is 8.03. The van der Waals surface area contributed by atoms with Crippen LogP contribution in [0.2, 0.25) is 0 Å². The molecule has 2 aromatic carbocycles. The van der Waals surface area contributed by atoms with Gasteiger partial charge in [-0.2, -0.15) is 0 Å². The highest BCUT2D eigenvalue weighted by Crippen LogP contribution is 2.27. The normalized spacial score (nSPS) is 16.8. The zero-order chi connectivity index (χ0) is 20.5. The van der Waals surface area contributed by atoms with Gasteiger partial charge in [-0.1, -0.05) is 35.5 Å². The minimum absolute atomic E-state index is 0.156. The third kappa shape index (κ3) is 3.56. The Labute approximate surface area is 172 Å². The number of rotatable bonds is 4. The molecule has 1 saturated heterocycles. The smallest absolute Gasteiger partial charge is 0.276 e. The molecule has 1 N–H and O–H groups in total. The van der Waals surface area contributed by atoms with Gasteiger partial charge in [-0.05, 0) is 31.0 Å². The summed E-state index contributed by atoms with van der Waals surface area (Å²) in [5.41, 5.74) is 2.72. The van der Waals surface area contributed by atoms with Crippen molar-refractivity contribution in [3.63, 3.8) is 0 Å². The molecule has 0 unspecified atom stereocenters. The van der Waals surface area contributed by atoms with Crippen LogP contribution < -0.4 is 0 Å². The van der Waals surface area contributed by atoms with Crippen molar-refractivity contribution in [2.45, 2.75) is 25.3 Å². The molecule has 30 heavy (non-hydrogen) atoms. The number of carbonyl (C=O) groups is 1. The number of likely N-dealkylation sites (tertiary alicyclic amines) is 1. The van der Waals surface area contributed by atoms with E-state index in [0.29, 0.717) is 18.7 Å². The molecule has 152 valence electrons. The van der Waals surface area contributed by atoms with Crippen LogP contribution in [0.15, 0.2) is 54.7 Å². The van der Waals surface area contributed by atoms with Gasteiger partial charge < -0.3 is 9.88 Å². The highest BCUT2D eigenvalue weighted by molar-refractivity contribution is 5.92. The topological polar surface area (TPSA) is 79.7 Å². The van der Waals surface area contributed by atoms with E-state index in [2.05, 4.69) is 15.3 Å². The number of hydrogen-bond acceptors (Lipinski definition) is 4. The first-order chi connectivity index (χ1) is 14.7. The zero-order valence-corrected chi connectivity index (χ0v) is 16.3. The van der Waals surface area contributed by atoms with Crippen LogP contribution in [-0.2, 0) is 6.54 Å². The van der Waals surface area contributed by atoms with Crippen molar-refractivity contribution >= 4 is 16.9 Å². The van der Waals surface area contributed by atoms with Crippen LogP contribution in [-0.4, -0.2) is 48.9 Å². The zero-order valence-electron chi connectivity index (χ0n) is 16.3. The van der Waals surface area contributed by atoms with E-state index in [0.717, 1.165) is 29.7 Å². The van der Waals surface area contributed by atoms with Crippen LogP contribution >= 0.6 is 0 Å². The Hall–Kier alpha value is -3.55. The number of amides is 1. The van der Waals surface area contributed by atoms with Gasteiger partial charge in [0.2, 0.25) is 0 Å². The van der Waals surface area contributed by atoms with Crippen LogP contribution in [0.25, 0.3) is 11.0 Å². The predicted molar refractivity (Wildman–Crippen MR) is 109 cm³/mol. The fourth-order valence-electron chi connectivity index (χ4n) is 3.99. The average molecular weight is 404 g/mol. The number of nitrogens with zero attached hydrogens (tertiary/aromatic N) is 5. The fraction of sp³-hybridized carbons (Fsp3) is 0.273. The first-order valence-electron chi connectivity index (χ1n) is 10.0. The van der Waals surface area contributed by atoms with Crippen LogP contribution in [0.5, 0.6) is 0 Å². The minimum Gasteiger partial charge on any atom is -0.342 e. The molecule has 3 heterocycles. The molecular weight excluding hydrogens is 383 g/mol. The number of benzene rings is 2. The Morgan fingerprint density at radius 1 is 1.17 bits per heavy atom. The van der Waals surface area contributed by atoms with Crippen LogP contribution in [0.3, 0.4) is 0 Å². The number of carbonyl (C=O) groups excluding carboxylic acids is 1. The van der Waals surface area contributed by atoms with Crippen molar-refractivity contribution in [2.75, 3.05) is 13.1 Å². The number of nitrogens with one attached hydrogen (secondary N) is 1. The summed E-state index contributed by atoms with van der Waals surface area (Å²) in [5.74, 6) is 0.613. The fourth-order valence-corrected chi connectivity index (χ4v) is 3.99. The number of H-pyrrole nitrogens is 1. The molecule has 1 fully saturated rings. The molecule has 1 aliphatic rings. The predicted octanol–water partition coefficient (Wildman–Crippen LogP) is 3.36. The van der Waals surface area contributed by atoms with Crippen molar-refractivity contribution in [1.29, 1.82) is 0 Å². The number of hydrogen-bond donors (Lipinski definition) is 1. The second-order valence-electron chi connectivity index (χ2n) is 7.62. The molecule has 4 aromatic rings. The van der Waals surface area contributed by atoms with E-state index < -0.39 is 0 Å². The molecule has 1 aliphatic heterocycles. The molecule has 0 aliphatic carbocycles. The molecule has 5 rings (SSSR count). The Morgan fingerprint density at radius 3 is 2.87 bits per heavy atom. The van der Waals surface area contributed by atoms with E-state index in [1.54, 1.807) is 29.3 Å². The maximum Gasteiger partial charge on any atom is 0.276 e. The Balaban J connectivity index is 1.30. The standard InChI is InChI=1S/C22H21FN6O/c23-17-8-2-1-6-15(17)13-29-14-20(26-27-29)22(30)28-11-5-7-16(12-28)21-24-18-9-3-4-10-19(18)25-21/h1-4,6,8-10,14,16H,5,7,11-13H2,(H,24,25)/t16-/m0/s1. The molecule has 2 aromatic heterocycles. The van der Waals surface area contributed by atoms with E-state index in [1.807, 2.05) is 24.3 Å². The molecule has 8 heteroatoms. The van der Waals surface area contributed by atoms with Crippen LogP contribution in [0, 0.1) is 5.82 Å². The van der Waals surface area contributed by atoms with Crippen molar-refractivity contribution in [3.8, 4) is 0 Å². The van der Waals surface area contributed by atoms with Gasteiger partial charge in [0.05, 0.1) is 23.8 Å². The number of aromatic amines is 1. The van der Waals surface area contributed by atoms with E-state index >= 15 is 0 Å². The van der Waals surface area contributed by atoms with E-state index in [9.17, 15) is 9.18 Å². The van der Waals surface area contributed by atoms with Crippen LogP contribution in [0.1, 0.15) is 40.6 Å². The largest absolute Gasteiger partial charge is 0.342 e. The van der Waals surface area contributed by atoms with Gasteiger partial charge >= 0.3 is 0 Å². The summed E-state index contributed by atoms with van der Waals surface area (Å²) in [6.45, 7) is 1.49. The quantitative estimate of drug-likeness (QED) is 0.566. The van der Waals surface area contributed by atoms with Gasteiger partial charge in [0, 0.05) is 24.6 Å². The van der Waals surface area contributed by atoms with Gasteiger partial charge in [-0.15, -0.1) is 5.10 Å². The molecule has 0 saturated carbocycles. The highest BCUT2D eigenvalue weighted by atomic mass is 19.1. The number of para-hydroxylation sites is 2. The molecule has 7 nitrogen and oxygen atoms in total. The molecular formula is C22H21FN6O. The van der Waals surface area contributed by atoms with Gasteiger partial charge in [0.1, 0.15) is 11.6 Å².